The van der Waals surface area contributed by atoms with Crippen molar-refractivity contribution in [1.29, 1.82) is 0 Å². The SMILES string of the molecule is CC/C=C\C/C=C\C/C=C\C/C=C\CCCCC(=O)O[C@H](COC(=O)CCCCCCC/C=C\CCCCCCCC)COC(=O)CCCCCCCCC/C=C\CCCCCCCC. The number of rotatable bonds is 49. The molecular weight excluding hydrogens is 805 g/mol. The van der Waals surface area contributed by atoms with E-state index in [1.165, 1.54) is 135 Å². The number of esters is 3. The topological polar surface area (TPSA) is 78.9 Å². The Morgan fingerprint density at radius 1 is 0.323 bits per heavy atom. The van der Waals surface area contributed by atoms with Crippen LogP contribution in [0, 0.1) is 0 Å². The van der Waals surface area contributed by atoms with Crippen molar-refractivity contribution in [2.24, 2.45) is 0 Å². The van der Waals surface area contributed by atoms with Gasteiger partial charge in [-0.05, 0) is 109 Å². The molecular formula is C59H102O6. The largest absolute Gasteiger partial charge is 0.462 e. The highest BCUT2D eigenvalue weighted by Crippen LogP contribution is 2.14. The Morgan fingerprint density at radius 3 is 0.985 bits per heavy atom. The van der Waals surface area contributed by atoms with E-state index in [1.54, 1.807) is 0 Å². The molecule has 6 nitrogen and oxygen atoms in total. The summed E-state index contributed by atoms with van der Waals surface area (Å²) in [4.78, 5) is 38.1. The molecule has 0 aromatic heterocycles. The van der Waals surface area contributed by atoms with Gasteiger partial charge in [-0.1, -0.05) is 209 Å². The molecule has 0 N–H and O–H groups in total. The molecule has 0 heterocycles. The van der Waals surface area contributed by atoms with E-state index >= 15 is 0 Å². The third-order valence-electron chi connectivity index (χ3n) is 11.7. The lowest BCUT2D eigenvalue weighted by molar-refractivity contribution is -0.167. The molecule has 0 aliphatic rings. The van der Waals surface area contributed by atoms with Crippen molar-refractivity contribution in [1.82, 2.24) is 0 Å². The Hall–Kier alpha value is -3.15. The zero-order valence-electron chi connectivity index (χ0n) is 42.7. The molecule has 0 aromatic carbocycles. The van der Waals surface area contributed by atoms with E-state index in [1.807, 2.05) is 0 Å². The van der Waals surface area contributed by atoms with Crippen LogP contribution in [0.25, 0.3) is 0 Å². The first-order chi connectivity index (χ1) is 32.0. The second kappa shape index (κ2) is 53.5. The van der Waals surface area contributed by atoms with Crippen LogP contribution in [0.4, 0.5) is 0 Å². The summed E-state index contributed by atoms with van der Waals surface area (Å²) in [5.41, 5.74) is 0. The third-order valence-corrected chi connectivity index (χ3v) is 11.7. The summed E-state index contributed by atoms with van der Waals surface area (Å²) < 4.78 is 16.8. The molecule has 0 saturated carbocycles. The molecule has 0 aliphatic heterocycles. The Balaban J connectivity index is 4.45. The van der Waals surface area contributed by atoms with E-state index in [0.29, 0.717) is 19.3 Å². The highest BCUT2D eigenvalue weighted by Gasteiger charge is 2.19. The fraction of sp³-hybridized carbons (Fsp3) is 0.746. The van der Waals surface area contributed by atoms with Gasteiger partial charge in [0.25, 0.3) is 0 Å². The van der Waals surface area contributed by atoms with Crippen molar-refractivity contribution in [2.75, 3.05) is 13.2 Å². The monoisotopic (exact) mass is 907 g/mol. The van der Waals surface area contributed by atoms with Crippen molar-refractivity contribution < 1.29 is 28.6 Å². The van der Waals surface area contributed by atoms with Crippen molar-refractivity contribution in [3.63, 3.8) is 0 Å². The first kappa shape index (κ1) is 61.9. The molecule has 65 heavy (non-hydrogen) atoms. The van der Waals surface area contributed by atoms with Gasteiger partial charge in [0.15, 0.2) is 6.10 Å². The van der Waals surface area contributed by atoms with E-state index in [2.05, 4.69) is 93.7 Å². The average molecular weight is 907 g/mol. The van der Waals surface area contributed by atoms with Crippen molar-refractivity contribution in [2.45, 2.75) is 271 Å². The lowest BCUT2D eigenvalue weighted by Gasteiger charge is -2.18. The number of unbranched alkanes of at least 4 members (excludes halogenated alkanes) is 26. The zero-order valence-corrected chi connectivity index (χ0v) is 42.7. The van der Waals surface area contributed by atoms with Crippen molar-refractivity contribution in [3.05, 3.63) is 72.9 Å². The Morgan fingerprint density at radius 2 is 0.600 bits per heavy atom. The number of carbonyl (C=O) groups excluding carboxylic acids is 3. The maximum Gasteiger partial charge on any atom is 0.306 e. The molecule has 0 saturated heterocycles. The number of allylic oxidation sites excluding steroid dienone is 12. The van der Waals surface area contributed by atoms with Crippen LogP contribution in [-0.4, -0.2) is 37.2 Å². The third kappa shape index (κ3) is 51.7. The summed E-state index contributed by atoms with van der Waals surface area (Å²) in [7, 11) is 0. The van der Waals surface area contributed by atoms with E-state index in [-0.39, 0.29) is 37.5 Å². The second-order valence-corrected chi connectivity index (χ2v) is 18.1. The van der Waals surface area contributed by atoms with Crippen LogP contribution in [0.1, 0.15) is 265 Å². The molecule has 0 aromatic rings. The summed E-state index contributed by atoms with van der Waals surface area (Å²) >= 11 is 0. The molecule has 0 rings (SSSR count). The van der Waals surface area contributed by atoms with Gasteiger partial charge >= 0.3 is 17.9 Å². The first-order valence-corrected chi connectivity index (χ1v) is 27.4. The van der Waals surface area contributed by atoms with Crippen molar-refractivity contribution in [3.8, 4) is 0 Å². The van der Waals surface area contributed by atoms with Crippen molar-refractivity contribution >= 4 is 17.9 Å². The van der Waals surface area contributed by atoms with Gasteiger partial charge in [0.2, 0.25) is 0 Å². The van der Waals surface area contributed by atoms with Crippen LogP contribution in [0.2, 0.25) is 0 Å². The molecule has 0 unspecified atom stereocenters. The fourth-order valence-corrected chi connectivity index (χ4v) is 7.54. The van der Waals surface area contributed by atoms with E-state index in [0.717, 1.165) is 83.5 Å². The van der Waals surface area contributed by atoms with E-state index < -0.39 is 6.10 Å². The minimum atomic E-state index is -0.802. The number of hydrogen-bond donors (Lipinski definition) is 0. The standard InChI is InChI=1S/C59H102O6/c1-4-7-10-13-16-19-22-25-28-29-32-34-37-40-43-46-49-52-58(61)64-55-56(65-59(62)53-50-47-44-41-38-35-31-27-24-21-18-15-12-9-6-3)54-63-57(60)51-48-45-42-39-36-33-30-26-23-20-17-14-11-8-5-2/h9,12,18,21,25-28,30-31,38,41,56H,4-8,10-11,13-17,19-20,22-24,29,32-37,39-40,42-55H2,1-3H3/b12-9-,21-18-,28-25-,30-26-,31-27-,41-38-/t56-/m1/s1. The van der Waals surface area contributed by atoms with Crippen LogP contribution in [0.15, 0.2) is 72.9 Å². The highest BCUT2D eigenvalue weighted by atomic mass is 16.6. The fourth-order valence-electron chi connectivity index (χ4n) is 7.54. The van der Waals surface area contributed by atoms with Gasteiger partial charge in [0.1, 0.15) is 13.2 Å². The normalized spacial score (nSPS) is 12.6. The van der Waals surface area contributed by atoms with E-state index in [4.69, 9.17) is 14.2 Å². The lowest BCUT2D eigenvalue weighted by atomic mass is 10.1. The molecule has 0 spiro atoms. The van der Waals surface area contributed by atoms with Gasteiger partial charge in [-0.2, -0.15) is 0 Å². The molecule has 1 atom stereocenters. The maximum atomic E-state index is 12.8. The van der Waals surface area contributed by atoms with Gasteiger partial charge in [-0.3, -0.25) is 14.4 Å². The summed E-state index contributed by atoms with van der Waals surface area (Å²) in [6.07, 6.45) is 67.5. The number of hydrogen-bond acceptors (Lipinski definition) is 6. The van der Waals surface area contributed by atoms with E-state index in [9.17, 15) is 14.4 Å². The summed E-state index contributed by atoms with van der Waals surface area (Å²) in [5, 5.41) is 0. The van der Waals surface area contributed by atoms with Crippen LogP contribution in [-0.2, 0) is 28.6 Å². The maximum absolute atomic E-state index is 12.8. The lowest BCUT2D eigenvalue weighted by Crippen LogP contribution is -2.30. The Labute approximate surface area is 402 Å². The van der Waals surface area contributed by atoms with Gasteiger partial charge in [-0.25, -0.2) is 0 Å². The molecule has 0 aliphatic carbocycles. The first-order valence-electron chi connectivity index (χ1n) is 27.4. The van der Waals surface area contributed by atoms with Crippen LogP contribution < -0.4 is 0 Å². The van der Waals surface area contributed by atoms with Gasteiger partial charge < -0.3 is 14.2 Å². The molecule has 6 heteroatoms. The average Bonchev–Trinajstić information content (AvgIpc) is 3.30. The Kier molecular flexibility index (Phi) is 50.9. The van der Waals surface area contributed by atoms with Crippen LogP contribution in [0.3, 0.4) is 0 Å². The molecule has 0 bridgehead atoms. The molecule has 0 radical (unpaired) electrons. The number of carbonyl (C=O) groups is 3. The van der Waals surface area contributed by atoms with Crippen LogP contribution >= 0.6 is 0 Å². The predicted octanol–water partition coefficient (Wildman–Crippen LogP) is 18.2. The Bertz CT molecular complexity index is 1230. The zero-order chi connectivity index (χ0) is 47.2. The summed E-state index contributed by atoms with van der Waals surface area (Å²) in [6.45, 7) is 6.48. The van der Waals surface area contributed by atoms with Gasteiger partial charge in [-0.15, -0.1) is 0 Å². The summed E-state index contributed by atoms with van der Waals surface area (Å²) in [5.74, 6) is -0.946. The quantitative estimate of drug-likeness (QED) is 0.0262. The van der Waals surface area contributed by atoms with Gasteiger partial charge in [0.05, 0.1) is 0 Å². The number of ether oxygens (including phenoxy) is 3. The second-order valence-electron chi connectivity index (χ2n) is 18.1. The summed E-state index contributed by atoms with van der Waals surface area (Å²) in [6, 6.07) is 0. The minimum absolute atomic E-state index is 0.0966. The minimum Gasteiger partial charge on any atom is -0.462 e. The predicted molar refractivity (Wildman–Crippen MR) is 279 cm³/mol. The van der Waals surface area contributed by atoms with Crippen LogP contribution in [0.5, 0.6) is 0 Å². The smallest absolute Gasteiger partial charge is 0.306 e. The molecule has 0 amide bonds. The molecule has 374 valence electrons. The highest BCUT2D eigenvalue weighted by molar-refractivity contribution is 5.71. The van der Waals surface area contributed by atoms with Gasteiger partial charge in [0, 0.05) is 19.3 Å². The molecule has 0 fully saturated rings.